The van der Waals surface area contributed by atoms with Crippen LogP contribution in [0.5, 0.6) is 0 Å². The molecule has 8 nitrogen and oxygen atoms in total. The Bertz CT molecular complexity index is 919. The molecule has 1 aliphatic heterocycles. The Balaban J connectivity index is 1.84. The summed E-state index contributed by atoms with van der Waals surface area (Å²) in [6, 6.07) is 1.96. The lowest BCUT2D eigenvalue weighted by Crippen LogP contribution is -2.70. The lowest BCUT2D eigenvalue weighted by molar-refractivity contribution is -0.256. The van der Waals surface area contributed by atoms with E-state index < -0.39 is 29.2 Å². The second-order valence-electron chi connectivity index (χ2n) is 10.6. The number of carbonyl (C=O) groups excluding carboxylic acids is 3. The summed E-state index contributed by atoms with van der Waals surface area (Å²) >= 11 is 0. The topological polar surface area (TPSA) is 105 Å². The lowest BCUT2D eigenvalue weighted by Gasteiger charge is -2.64. The van der Waals surface area contributed by atoms with Crippen LogP contribution in [0.2, 0.25) is 0 Å². The molecule has 0 N–H and O–H groups in total. The normalized spacial score (nSPS) is 38.6. The third-order valence-corrected chi connectivity index (χ3v) is 8.75. The van der Waals surface area contributed by atoms with E-state index in [1.165, 1.54) is 20.8 Å². The smallest absolute Gasteiger partial charge is 0.302 e. The first kappa shape index (κ1) is 24.8. The van der Waals surface area contributed by atoms with Crippen molar-refractivity contribution in [3.05, 3.63) is 24.2 Å². The molecule has 2 heterocycles. The van der Waals surface area contributed by atoms with Crippen LogP contribution in [0.15, 0.2) is 23.0 Å². The number of rotatable bonds is 7. The van der Waals surface area contributed by atoms with Gasteiger partial charge in [0.2, 0.25) is 0 Å². The molecule has 3 aliphatic rings. The van der Waals surface area contributed by atoms with Gasteiger partial charge in [-0.25, -0.2) is 0 Å². The van der Waals surface area contributed by atoms with Crippen molar-refractivity contribution in [2.45, 2.75) is 84.5 Å². The Morgan fingerprint density at radius 1 is 1.12 bits per heavy atom. The summed E-state index contributed by atoms with van der Waals surface area (Å²) in [6.07, 6.45) is 5.98. The Kier molecular flexibility index (Phi) is 6.57. The van der Waals surface area contributed by atoms with Gasteiger partial charge < -0.3 is 23.4 Å². The van der Waals surface area contributed by atoms with Crippen molar-refractivity contribution in [3.63, 3.8) is 0 Å². The number of hydrogen-bond donors (Lipinski definition) is 0. The number of furan rings is 1. The number of ether oxygens (including phenoxy) is 4. The van der Waals surface area contributed by atoms with Gasteiger partial charge in [0.25, 0.3) is 0 Å². The Hall–Kier alpha value is -2.35. The number of aryl methyl sites for hydroxylation is 1. The molecule has 4 rings (SSSR count). The highest BCUT2D eigenvalue weighted by Gasteiger charge is 2.77. The van der Waals surface area contributed by atoms with E-state index in [2.05, 4.69) is 13.8 Å². The molecule has 3 fully saturated rings. The lowest BCUT2D eigenvalue weighted by atomic mass is 9.42. The molecule has 34 heavy (non-hydrogen) atoms. The quantitative estimate of drug-likeness (QED) is 0.332. The number of carbonyl (C=O) groups is 3. The summed E-state index contributed by atoms with van der Waals surface area (Å²) in [4.78, 5) is 36.5. The van der Waals surface area contributed by atoms with Gasteiger partial charge in [-0.15, -0.1) is 0 Å². The number of fused-ring (bicyclic) bond motifs is 2. The molecule has 0 bridgehead atoms. The molecule has 1 saturated heterocycles. The van der Waals surface area contributed by atoms with Crippen molar-refractivity contribution in [2.75, 3.05) is 13.2 Å². The molecular weight excluding hydrogens is 440 g/mol. The molecule has 2 aliphatic carbocycles. The highest BCUT2D eigenvalue weighted by atomic mass is 16.6. The van der Waals surface area contributed by atoms with E-state index in [9.17, 15) is 14.4 Å². The zero-order chi connectivity index (χ0) is 24.7. The van der Waals surface area contributed by atoms with Crippen LogP contribution >= 0.6 is 0 Å². The average Bonchev–Trinajstić information content (AvgIpc) is 3.34. The monoisotopic (exact) mass is 476 g/mol. The van der Waals surface area contributed by atoms with Crippen molar-refractivity contribution < 1.29 is 37.7 Å². The van der Waals surface area contributed by atoms with E-state index in [1.807, 2.05) is 6.07 Å². The second-order valence-corrected chi connectivity index (χ2v) is 10.6. The molecule has 1 spiro atoms. The summed E-state index contributed by atoms with van der Waals surface area (Å²) < 4.78 is 29.1. The predicted octanol–water partition coefficient (Wildman–Crippen LogP) is 3.85. The molecular formula is C26H36O8. The SMILES string of the molecule is CC(=O)OC[C@@]12[C@@H](OC(C)=O)C[C@@H](C)[C@](C)(CCc3ccoc3)[C@H]1[C@@H](OC(C)=O)CC[C@]21CO1. The Morgan fingerprint density at radius 3 is 2.38 bits per heavy atom. The number of hydrogen-bond acceptors (Lipinski definition) is 8. The van der Waals surface area contributed by atoms with E-state index in [1.54, 1.807) is 12.5 Å². The fourth-order valence-corrected chi connectivity index (χ4v) is 6.98. The minimum atomic E-state index is -0.819. The Labute approximate surface area is 200 Å². The van der Waals surface area contributed by atoms with Crippen LogP contribution in [0.4, 0.5) is 0 Å². The summed E-state index contributed by atoms with van der Waals surface area (Å²) in [5, 5.41) is 0. The first-order valence-corrected chi connectivity index (χ1v) is 12.2. The van der Waals surface area contributed by atoms with Crippen molar-refractivity contribution in [1.82, 2.24) is 0 Å². The Morgan fingerprint density at radius 2 is 1.82 bits per heavy atom. The maximum absolute atomic E-state index is 12.2. The van der Waals surface area contributed by atoms with Gasteiger partial charge in [-0.05, 0) is 55.1 Å². The molecule has 8 heteroatoms. The first-order chi connectivity index (χ1) is 16.0. The van der Waals surface area contributed by atoms with Gasteiger partial charge in [0.1, 0.15) is 24.4 Å². The van der Waals surface area contributed by atoms with Gasteiger partial charge in [0.05, 0.1) is 24.5 Å². The van der Waals surface area contributed by atoms with Crippen LogP contribution < -0.4 is 0 Å². The van der Waals surface area contributed by atoms with E-state index in [-0.39, 0.29) is 35.8 Å². The van der Waals surface area contributed by atoms with Gasteiger partial charge in [0.15, 0.2) is 0 Å². The molecule has 188 valence electrons. The zero-order valence-corrected chi connectivity index (χ0v) is 20.8. The molecule has 7 atom stereocenters. The molecule has 0 unspecified atom stereocenters. The minimum absolute atomic E-state index is 0.0523. The molecule has 0 amide bonds. The van der Waals surface area contributed by atoms with E-state index in [0.29, 0.717) is 25.9 Å². The largest absolute Gasteiger partial charge is 0.472 e. The van der Waals surface area contributed by atoms with Crippen molar-refractivity contribution in [2.24, 2.45) is 22.7 Å². The van der Waals surface area contributed by atoms with Crippen LogP contribution in [-0.4, -0.2) is 48.9 Å². The predicted molar refractivity (Wildman–Crippen MR) is 120 cm³/mol. The first-order valence-electron chi connectivity index (χ1n) is 12.2. The fourth-order valence-electron chi connectivity index (χ4n) is 6.98. The molecule has 2 saturated carbocycles. The van der Waals surface area contributed by atoms with Crippen molar-refractivity contribution in [3.8, 4) is 0 Å². The summed E-state index contributed by atoms with van der Waals surface area (Å²) in [7, 11) is 0. The molecule has 1 aromatic rings. The van der Waals surface area contributed by atoms with Crippen LogP contribution in [0.1, 0.15) is 65.9 Å². The maximum atomic E-state index is 12.2. The van der Waals surface area contributed by atoms with Crippen LogP contribution in [0.3, 0.4) is 0 Å². The maximum Gasteiger partial charge on any atom is 0.302 e. The van der Waals surface area contributed by atoms with E-state index in [4.69, 9.17) is 23.4 Å². The second kappa shape index (κ2) is 9.02. The summed E-state index contributed by atoms with van der Waals surface area (Å²) in [6.45, 7) is 9.15. The minimum Gasteiger partial charge on any atom is -0.472 e. The highest BCUT2D eigenvalue weighted by Crippen LogP contribution is 2.69. The highest BCUT2D eigenvalue weighted by molar-refractivity contribution is 5.67. The van der Waals surface area contributed by atoms with E-state index >= 15 is 0 Å². The number of epoxide rings is 1. The molecule has 0 radical (unpaired) electrons. The fraction of sp³-hybridized carbons (Fsp3) is 0.731. The average molecular weight is 477 g/mol. The number of esters is 3. The summed E-state index contributed by atoms with van der Waals surface area (Å²) in [5.74, 6) is -1.23. The third-order valence-electron chi connectivity index (χ3n) is 8.75. The van der Waals surface area contributed by atoms with Gasteiger partial charge in [0, 0.05) is 26.7 Å². The van der Waals surface area contributed by atoms with Crippen molar-refractivity contribution >= 4 is 17.9 Å². The van der Waals surface area contributed by atoms with Gasteiger partial charge in [-0.3, -0.25) is 14.4 Å². The molecule has 0 aromatic carbocycles. The van der Waals surface area contributed by atoms with Crippen molar-refractivity contribution in [1.29, 1.82) is 0 Å². The third kappa shape index (κ3) is 4.14. The van der Waals surface area contributed by atoms with Gasteiger partial charge in [-0.1, -0.05) is 13.8 Å². The van der Waals surface area contributed by atoms with Crippen LogP contribution in [0.25, 0.3) is 0 Å². The van der Waals surface area contributed by atoms with E-state index in [0.717, 1.165) is 18.4 Å². The van der Waals surface area contributed by atoms with Crippen LogP contribution in [0, 0.1) is 22.7 Å². The zero-order valence-electron chi connectivity index (χ0n) is 20.8. The summed E-state index contributed by atoms with van der Waals surface area (Å²) in [5.41, 5.74) is -0.618. The van der Waals surface area contributed by atoms with Crippen LogP contribution in [-0.2, 0) is 39.8 Å². The standard InChI is InChI=1S/C26H36O8/c1-16-12-22(34-19(4)29)26(15-31-17(2)27)23(24(16,5)9-6-20-8-11-30-13-20)21(33-18(3)28)7-10-25(26)14-32-25/h8,11,13,16,21-23H,6-7,9-10,12,14-15H2,1-5H3/t16-,21+,22+,23-,24+,25+,26-/m1/s1. The molecule has 1 aromatic heterocycles. The van der Waals surface area contributed by atoms with Gasteiger partial charge in [-0.2, -0.15) is 0 Å². The van der Waals surface area contributed by atoms with Gasteiger partial charge >= 0.3 is 17.9 Å².